The van der Waals surface area contributed by atoms with Crippen molar-refractivity contribution in [3.63, 3.8) is 0 Å². The summed E-state index contributed by atoms with van der Waals surface area (Å²) in [6.07, 6.45) is 3.54. The minimum Gasteiger partial charge on any atom is -0.384 e. The van der Waals surface area contributed by atoms with Gasteiger partial charge in [-0.3, -0.25) is 9.36 Å². The van der Waals surface area contributed by atoms with E-state index in [1.165, 1.54) is 11.3 Å². The van der Waals surface area contributed by atoms with E-state index in [1.54, 1.807) is 17.8 Å². The second kappa shape index (κ2) is 5.99. The van der Waals surface area contributed by atoms with E-state index in [4.69, 9.17) is 0 Å². The van der Waals surface area contributed by atoms with Crippen LogP contribution in [0.25, 0.3) is 0 Å². The Bertz CT molecular complexity index is 612. The predicted octanol–water partition coefficient (Wildman–Crippen LogP) is 1.25. The van der Waals surface area contributed by atoms with E-state index < -0.39 is 5.60 Å². The Kier molecular flexibility index (Phi) is 4.49. The zero-order valence-electron chi connectivity index (χ0n) is 13.5. The molecule has 0 bridgehead atoms. The molecule has 0 saturated carbocycles. The van der Waals surface area contributed by atoms with Crippen molar-refractivity contribution in [2.45, 2.75) is 46.4 Å². The summed E-state index contributed by atoms with van der Waals surface area (Å²) in [5.74, 6) is 0. The molecule has 0 aliphatic rings. The molecule has 2 heterocycles. The van der Waals surface area contributed by atoms with Gasteiger partial charge in [0, 0.05) is 49.7 Å². The first-order chi connectivity index (χ1) is 9.85. The number of rotatable bonds is 6. The van der Waals surface area contributed by atoms with Gasteiger partial charge in [0.1, 0.15) is 5.60 Å². The zero-order chi connectivity index (χ0) is 15.6. The number of aromatic nitrogens is 4. The molecule has 0 amide bonds. The third-order valence-electron chi connectivity index (χ3n) is 3.93. The van der Waals surface area contributed by atoms with Crippen LogP contribution in [0.5, 0.6) is 0 Å². The lowest BCUT2D eigenvalue weighted by molar-refractivity contribution is 0.0565. The number of nitrogens with zero attached hydrogens (tertiary/aromatic N) is 4. The van der Waals surface area contributed by atoms with E-state index in [0.29, 0.717) is 13.1 Å². The second-order valence-corrected chi connectivity index (χ2v) is 5.75. The molecular weight excluding hydrogens is 266 g/mol. The molecule has 116 valence electrons. The molecular formula is C15H25N5O. The highest BCUT2D eigenvalue weighted by atomic mass is 16.3. The Hall–Kier alpha value is -1.66. The lowest BCUT2D eigenvalue weighted by atomic mass is 9.99. The number of hydrogen-bond acceptors (Lipinski definition) is 4. The molecule has 6 heteroatoms. The van der Waals surface area contributed by atoms with E-state index >= 15 is 0 Å². The fourth-order valence-corrected chi connectivity index (χ4v) is 2.53. The summed E-state index contributed by atoms with van der Waals surface area (Å²) in [5, 5.41) is 22.5. The first kappa shape index (κ1) is 15.7. The van der Waals surface area contributed by atoms with Gasteiger partial charge in [0.2, 0.25) is 0 Å². The van der Waals surface area contributed by atoms with Gasteiger partial charge in [-0.1, -0.05) is 0 Å². The topological polar surface area (TPSA) is 67.9 Å². The maximum Gasteiger partial charge on any atom is 0.102 e. The van der Waals surface area contributed by atoms with Gasteiger partial charge in [0.05, 0.1) is 11.9 Å². The van der Waals surface area contributed by atoms with Crippen molar-refractivity contribution >= 4 is 0 Å². The van der Waals surface area contributed by atoms with Gasteiger partial charge >= 0.3 is 0 Å². The third kappa shape index (κ3) is 3.33. The zero-order valence-corrected chi connectivity index (χ0v) is 13.5. The molecule has 6 nitrogen and oxygen atoms in total. The van der Waals surface area contributed by atoms with E-state index in [0.717, 1.165) is 17.8 Å². The van der Waals surface area contributed by atoms with Crippen molar-refractivity contribution in [2.24, 2.45) is 7.05 Å². The van der Waals surface area contributed by atoms with Gasteiger partial charge in [0.25, 0.3) is 0 Å². The van der Waals surface area contributed by atoms with Crippen molar-refractivity contribution in [1.29, 1.82) is 0 Å². The highest BCUT2D eigenvalue weighted by Gasteiger charge is 2.24. The Morgan fingerprint density at radius 2 is 2.10 bits per heavy atom. The van der Waals surface area contributed by atoms with Crippen molar-refractivity contribution < 1.29 is 5.11 Å². The molecule has 0 aromatic carbocycles. The molecule has 2 aromatic rings. The summed E-state index contributed by atoms with van der Waals surface area (Å²) in [5.41, 5.74) is 3.32. The van der Waals surface area contributed by atoms with E-state index in [-0.39, 0.29) is 0 Å². The summed E-state index contributed by atoms with van der Waals surface area (Å²) in [7, 11) is 1.85. The van der Waals surface area contributed by atoms with Crippen LogP contribution < -0.4 is 5.32 Å². The molecule has 2 rings (SSSR count). The first-order valence-corrected chi connectivity index (χ1v) is 7.30. The highest BCUT2D eigenvalue weighted by molar-refractivity contribution is 5.24. The Morgan fingerprint density at radius 1 is 1.38 bits per heavy atom. The van der Waals surface area contributed by atoms with Crippen molar-refractivity contribution in [3.05, 3.63) is 34.9 Å². The molecule has 2 aromatic heterocycles. The quantitative estimate of drug-likeness (QED) is 0.840. The second-order valence-electron chi connectivity index (χ2n) is 5.75. The first-order valence-electron chi connectivity index (χ1n) is 7.30. The lowest BCUT2D eigenvalue weighted by Crippen LogP contribution is -2.35. The molecule has 0 saturated heterocycles. The predicted molar refractivity (Wildman–Crippen MR) is 81.9 cm³/mol. The normalized spacial score (nSPS) is 14.4. The molecule has 0 radical (unpaired) electrons. The third-order valence-corrected chi connectivity index (χ3v) is 3.93. The Morgan fingerprint density at radius 3 is 2.62 bits per heavy atom. The van der Waals surface area contributed by atoms with Crippen LogP contribution in [0.1, 0.15) is 36.4 Å². The summed E-state index contributed by atoms with van der Waals surface area (Å²) in [6.45, 7) is 10.0. The van der Waals surface area contributed by atoms with Crippen molar-refractivity contribution in [1.82, 2.24) is 24.9 Å². The number of aryl methyl sites for hydroxylation is 3. The SMILES string of the molecule is CCn1nc(C)c(CNCC(C)(O)c2cnn(C)c2)c1C. The molecule has 0 aliphatic heterocycles. The van der Waals surface area contributed by atoms with Gasteiger partial charge in [-0.05, 0) is 27.7 Å². The minimum absolute atomic E-state index is 0.467. The minimum atomic E-state index is -0.934. The summed E-state index contributed by atoms with van der Waals surface area (Å²) in [6, 6.07) is 0. The van der Waals surface area contributed by atoms with Crippen molar-refractivity contribution in [3.8, 4) is 0 Å². The van der Waals surface area contributed by atoms with Gasteiger partial charge in [-0.2, -0.15) is 10.2 Å². The van der Waals surface area contributed by atoms with Crippen LogP contribution in [0.15, 0.2) is 12.4 Å². The summed E-state index contributed by atoms with van der Waals surface area (Å²) < 4.78 is 3.70. The average molecular weight is 291 g/mol. The number of hydrogen-bond donors (Lipinski definition) is 2. The summed E-state index contributed by atoms with van der Waals surface area (Å²) in [4.78, 5) is 0. The maximum absolute atomic E-state index is 10.5. The molecule has 0 fully saturated rings. The van der Waals surface area contributed by atoms with E-state index in [1.807, 2.05) is 24.9 Å². The maximum atomic E-state index is 10.5. The fourth-order valence-electron chi connectivity index (χ4n) is 2.53. The standard InChI is InChI=1S/C15H25N5O/c1-6-20-12(3)14(11(2)18-20)8-16-10-15(4,21)13-7-17-19(5)9-13/h7,9,16,21H,6,8,10H2,1-5H3. The van der Waals surface area contributed by atoms with Gasteiger partial charge in [-0.25, -0.2) is 0 Å². The molecule has 21 heavy (non-hydrogen) atoms. The Labute approximate surface area is 125 Å². The van der Waals surface area contributed by atoms with Crippen LogP contribution in [0.4, 0.5) is 0 Å². The van der Waals surface area contributed by atoms with Gasteiger partial charge < -0.3 is 10.4 Å². The van der Waals surface area contributed by atoms with Gasteiger partial charge in [-0.15, -0.1) is 0 Å². The average Bonchev–Trinajstić information content (AvgIpc) is 2.97. The summed E-state index contributed by atoms with van der Waals surface area (Å²) >= 11 is 0. The van der Waals surface area contributed by atoms with Gasteiger partial charge in [0.15, 0.2) is 0 Å². The van der Waals surface area contributed by atoms with Crippen LogP contribution in [-0.2, 0) is 25.7 Å². The molecule has 2 N–H and O–H groups in total. The smallest absolute Gasteiger partial charge is 0.102 e. The monoisotopic (exact) mass is 291 g/mol. The number of aliphatic hydroxyl groups is 1. The fraction of sp³-hybridized carbons (Fsp3) is 0.600. The van der Waals surface area contributed by atoms with E-state index in [2.05, 4.69) is 29.4 Å². The largest absolute Gasteiger partial charge is 0.384 e. The number of nitrogens with one attached hydrogen (secondary N) is 1. The van der Waals surface area contributed by atoms with Crippen molar-refractivity contribution in [2.75, 3.05) is 6.54 Å². The van der Waals surface area contributed by atoms with E-state index in [9.17, 15) is 5.11 Å². The molecule has 1 unspecified atom stereocenters. The molecule has 0 aliphatic carbocycles. The highest BCUT2D eigenvalue weighted by Crippen LogP contribution is 2.19. The van der Waals surface area contributed by atoms with Crippen LogP contribution in [0.2, 0.25) is 0 Å². The van der Waals surface area contributed by atoms with Crippen LogP contribution in [0.3, 0.4) is 0 Å². The Balaban J connectivity index is 2.00. The van der Waals surface area contributed by atoms with Crippen LogP contribution in [0, 0.1) is 13.8 Å². The van der Waals surface area contributed by atoms with Crippen LogP contribution >= 0.6 is 0 Å². The lowest BCUT2D eigenvalue weighted by Gasteiger charge is -2.22. The molecule has 1 atom stereocenters. The van der Waals surface area contributed by atoms with Crippen LogP contribution in [-0.4, -0.2) is 31.2 Å². The molecule has 0 spiro atoms.